The molecule has 0 bridgehead atoms. The van der Waals surface area contributed by atoms with Gasteiger partial charge in [0.1, 0.15) is 0 Å². The Morgan fingerprint density at radius 1 is 0.867 bits per heavy atom. The summed E-state index contributed by atoms with van der Waals surface area (Å²) in [4.78, 5) is 22.5. The molecule has 0 spiro atoms. The minimum Gasteiger partial charge on any atom is -0.281 e. The van der Waals surface area contributed by atoms with Crippen molar-refractivity contribution in [1.82, 2.24) is 0 Å². The van der Waals surface area contributed by atoms with E-state index in [2.05, 4.69) is 26.9 Å². The van der Waals surface area contributed by atoms with Gasteiger partial charge in [-0.05, 0) is 5.56 Å². The topological polar surface area (TPSA) is 51.2 Å². The fourth-order valence-electron chi connectivity index (χ4n) is 0.589. The molecule has 4 heteroatoms. The van der Waals surface area contributed by atoms with Gasteiger partial charge in [0.2, 0.25) is 0 Å². The molecule has 3 nitrogen and oxygen atoms in total. The molecule has 0 N–H and O–H groups in total. The quantitative estimate of drug-likeness (QED) is 0.695. The SMILES string of the molecule is C=Cc1ccccc1.[C]=O.[C]=O.[C]=O.[Mn]. The van der Waals surface area contributed by atoms with Crippen molar-refractivity contribution < 1.29 is 31.5 Å². The van der Waals surface area contributed by atoms with Crippen LogP contribution in [0.3, 0.4) is 0 Å². The van der Waals surface area contributed by atoms with E-state index >= 15 is 0 Å². The van der Waals surface area contributed by atoms with E-state index in [4.69, 9.17) is 14.4 Å². The summed E-state index contributed by atoms with van der Waals surface area (Å²) in [5.74, 6) is 0. The van der Waals surface area contributed by atoms with Crippen molar-refractivity contribution in [3.63, 3.8) is 0 Å². The maximum absolute atomic E-state index is 7.50. The van der Waals surface area contributed by atoms with Gasteiger partial charge in [-0.2, -0.15) is 0 Å². The molecule has 1 rings (SSSR count). The molecule has 0 saturated carbocycles. The van der Waals surface area contributed by atoms with Crippen LogP contribution in [0.5, 0.6) is 0 Å². The summed E-state index contributed by atoms with van der Waals surface area (Å²) in [5, 5.41) is 0. The molecule has 15 heavy (non-hydrogen) atoms. The van der Waals surface area contributed by atoms with Gasteiger partial charge in [-0.3, -0.25) is 14.4 Å². The Hall–Kier alpha value is -1.51. The molecule has 77 valence electrons. The predicted molar refractivity (Wildman–Crippen MR) is 53.6 cm³/mol. The molecule has 0 aliphatic heterocycles. The predicted octanol–water partition coefficient (Wildman–Crippen LogP) is 1.14. The van der Waals surface area contributed by atoms with E-state index in [0.29, 0.717) is 0 Å². The monoisotopic (exact) mass is 243 g/mol. The molecular weight excluding hydrogens is 235 g/mol. The van der Waals surface area contributed by atoms with E-state index in [1.165, 1.54) is 5.56 Å². The summed E-state index contributed by atoms with van der Waals surface area (Å²) >= 11 is 0. The van der Waals surface area contributed by atoms with Crippen molar-refractivity contribution in [2.24, 2.45) is 0 Å². The summed E-state index contributed by atoms with van der Waals surface area (Å²) in [6, 6.07) is 10.0. The van der Waals surface area contributed by atoms with Gasteiger partial charge in [0, 0.05) is 17.1 Å². The number of hydrogen-bond acceptors (Lipinski definition) is 3. The van der Waals surface area contributed by atoms with Crippen LogP contribution in [0.2, 0.25) is 0 Å². The molecule has 1 aromatic rings. The zero-order valence-corrected chi connectivity index (χ0v) is 8.95. The van der Waals surface area contributed by atoms with Gasteiger partial charge < -0.3 is 0 Å². The zero-order chi connectivity index (χ0) is 11.8. The minimum atomic E-state index is 0. The van der Waals surface area contributed by atoms with Crippen LogP contribution in [-0.2, 0) is 31.5 Å². The summed E-state index contributed by atoms with van der Waals surface area (Å²) in [6.07, 6.45) is 1.83. The largest absolute Gasteiger partial charge is 0.281 e. The van der Waals surface area contributed by atoms with Gasteiger partial charge in [-0.15, -0.1) is 0 Å². The Morgan fingerprint density at radius 3 is 1.40 bits per heavy atom. The van der Waals surface area contributed by atoms with Gasteiger partial charge >= 0.3 is 0 Å². The molecule has 0 aliphatic carbocycles. The standard InChI is InChI=1S/C8H8.3CO.Mn/c1-2-8-6-4-3-5-7-8;3*1-2;/h2-7H,1H2;;;;. The Bertz CT molecular complexity index is 210. The average molecular weight is 243 g/mol. The Labute approximate surface area is 101 Å². The zero-order valence-electron chi connectivity index (χ0n) is 7.77. The van der Waals surface area contributed by atoms with E-state index in [0.717, 1.165) is 0 Å². The number of hydrogen-bond donors (Lipinski definition) is 0. The molecule has 0 amide bonds. The van der Waals surface area contributed by atoms with Crippen molar-refractivity contribution >= 4 is 26.4 Å². The first-order chi connectivity index (χ1) is 6.93. The Morgan fingerprint density at radius 2 is 1.20 bits per heavy atom. The molecule has 0 atom stereocenters. The smallest absolute Gasteiger partial charge is 0.281 e. The van der Waals surface area contributed by atoms with Crippen LogP contribution in [0.15, 0.2) is 36.9 Å². The summed E-state index contributed by atoms with van der Waals surface area (Å²) in [7, 11) is 0. The number of rotatable bonds is 1. The summed E-state index contributed by atoms with van der Waals surface area (Å²) in [6.45, 7) is 17.1. The van der Waals surface area contributed by atoms with Crippen LogP contribution in [0.1, 0.15) is 5.56 Å². The van der Waals surface area contributed by atoms with Crippen LogP contribution < -0.4 is 0 Å². The molecule has 0 aliphatic rings. The second kappa shape index (κ2) is 29.4. The van der Waals surface area contributed by atoms with Crippen LogP contribution in [0, 0.1) is 0 Å². The maximum atomic E-state index is 7.50. The maximum Gasteiger partial charge on any atom is 0.281 e. The van der Waals surface area contributed by atoms with Crippen molar-refractivity contribution in [2.45, 2.75) is 0 Å². The first-order valence-electron chi connectivity index (χ1n) is 3.22. The minimum absolute atomic E-state index is 0. The molecule has 0 aromatic heterocycles. The van der Waals surface area contributed by atoms with Gasteiger partial charge in [0.25, 0.3) is 20.4 Å². The fraction of sp³-hybridized carbons (Fsp3) is 0. The normalized spacial score (nSPS) is 5.33. The van der Waals surface area contributed by atoms with Crippen molar-refractivity contribution in [1.29, 1.82) is 0 Å². The molecule has 0 saturated heterocycles. The van der Waals surface area contributed by atoms with E-state index in [9.17, 15) is 0 Å². The first kappa shape index (κ1) is 23.4. The van der Waals surface area contributed by atoms with Crippen molar-refractivity contribution in [3.8, 4) is 0 Å². The van der Waals surface area contributed by atoms with Gasteiger partial charge in [0.15, 0.2) is 0 Å². The summed E-state index contributed by atoms with van der Waals surface area (Å²) < 4.78 is 0. The molecule has 1 aromatic carbocycles. The van der Waals surface area contributed by atoms with Gasteiger partial charge in [-0.1, -0.05) is 43.0 Å². The van der Waals surface area contributed by atoms with Crippen molar-refractivity contribution in [2.75, 3.05) is 0 Å². The molecule has 0 fully saturated rings. The van der Waals surface area contributed by atoms with E-state index in [1.807, 2.05) is 36.4 Å². The molecule has 0 heterocycles. The average Bonchev–Trinajstić information content (AvgIpc) is 2.37. The van der Waals surface area contributed by atoms with Crippen LogP contribution in [0.4, 0.5) is 0 Å². The summed E-state index contributed by atoms with van der Waals surface area (Å²) in [5.41, 5.74) is 1.17. The number of benzene rings is 1. The third-order valence-corrected chi connectivity index (χ3v) is 1.04. The second-order valence-electron chi connectivity index (χ2n) is 1.61. The van der Waals surface area contributed by atoms with Crippen LogP contribution >= 0.6 is 0 Å². The van der Waals surface area contributed by atoms with Crippen LogP contribution in [-0.4, -0.2) is 20.4 Å². The number of carbonyl (C=O) groups excluding carboxylic acids is 3. The van der Waals surface area contributed by atoms with Crippen LogP contribution in [0.25, 0.3) is 6.08 Å². The Kier molecular flexibility index (Phi) is 45.8. The molecular formula is C11H8MnO3. The van der Waals surface area contributed by atoms with E-state index in [-0.39, 0.29) is 17.1 Å². The van der Waals surface area contributed by atoms with Crippen molar-refractivity contribution in [3.05, 3.63) is 42.5 Å². The third-order valence-electron chi connectivity index (χ3n) is 1.04. The first-order valence-corrected chi connectivity index (χ1v) is 3.22. The second-order valence-corrected chi connectivity index (χ2v) is 1.61. The Balaban J connectivity index is -0.0000000755. The fourth-order valence-corrected chi connectivity index (χ4v) is 0.589. The molecule has 7 radical (unpaired) electrons. The molecule has 0 unspecified atom stereocenters. The van der Waals surface area contributed by atoms with Gasteiger partial charge in [-0.25, -0.2) is 0 Å². The van der Waals surface area contributed by atoms with Gasteiger partial charge in [0.05, 0.1) is 0 Å². The van der Waals surface area contributed by atoms with E-state index < -0.39 is 0 Å². The third kappa shape index (κ3) is 19.1. The van der Waals surface area contributed by atoms with E-state index in [1.54, 1.807) is 0 Å².